The predicted molar refractivity (Wildman–Crippen MR) is 83.3 cm³/mol. The lowest BCUT2D eigenvalue weighted by atomic mass is 10.1. The summed E-state index contributed by atoms with van der Waals surface area (Å²) in [5.74, 6) is 1.22. The van der Waals surface area contributed by atoms with E-state index >= 15 is 0 Å². The molecule has 0 fully saturated rings. The van der Waals surface area contributed by atoms with Gasteiger partial charge < -0.3 is 14.5 Å². The highest BCUT2D eigenvalue weighted by Crippen LogP contribution is 2.29. The molecule has 114 valence electrons. The number of carbonyl (C=O) groups is 1. The van der Waals surface area contributed by atoms with E-state index in [-0.39, 0.29) is 11.7 Å². The summed E-state index contributed by atoms with van der Waals surface area (Å²) in [6.07, 6.45) is 1.76. The van der Waals surface area contributed by atoms with Crippen LogP contribution in [0, 0.1) is 6.92 Å². The number of fused-ring (bicyclic) bond motifs is 1. The summed E-state index contributed by atoms with van der Waals surface area (Å²) in [5.41, 5.74) is 1.44. The highest BCUT2D eigenvalue weighted by atomic mass is 16.5. The first-order valence-electron chi connectivity index (χ1n) is 7.05. The van der Waals surface area contributed by atoms with Gasteiger partial charge in [-0.1, -0.05) is 0 Å². The van der Waals surface area contributed by atoms with Crippen LogP contribution in [-0.4, -0.2) is 22.3 Å². The van der Waals surface area contributed by atoms with E-state index < -0.39 is 0 Å². The smallest absolute Gasteiger partial charge is 0.292 e. The average Bonchev–Trinajstić information content (AvgIpc) is 3.04. The van der Waals surface area contributed by atoms with Gasteiger partial charge in [-0.25, -0.2) is 0 Å². The van der Waals surface area contributed by atoms with Crippen molar-refractivity contribution in [3.05, 3.63) is 41.8 Å². The van der Waals surface area contributed by atoms with Gasteiger partial charge >= 0.3 is 0 Å². The van der Waals surface area contributed by atoms with Crippen molar-refractivity contribution in [3.8, 4) is 5.75 Å². The highest BCUT2D eigenvalue weighted by molar-refractivity contribution is 6.06. The van der Waals surface area contributed by atoms with Crippen LogP contribution in [0.3, 0.4) is 0 Å². The van der Waals surface area contributed by atoms with E-state index in [4.69, 9.17) is 9.15 Å². The van der Waals surface area contributed by atoms with Gasteiger partial charge in [0, 0.05) is 30.3 Å². The number of carbonyl (C=O) groups excluding carboxylic acids is 1. The third-order valence-corrected chi connectivity index (χ3v) is 3.38. The third-order valence-electron chi connectivity index (χ3n) is 3.38. The van der Waals surface area contributed by atoms with E-state index in [2.05, 4.69) is 10.4 Å². The van der Waals surface area contributed by atoms with Gasteiger partial charge in [0.2, 0.25) is 0 Å². The molecular weight excluding hydrogens is 282 g/mol. The Balaban J connectivity index is 1.93. The fourth-order valence-corrected chi connectivity index (χ4v) is 2.33. The molecule has 0 saturated carbocycles. The Bertz CT molecular complexity index is 832. The van der Waals surface area contributed by atoms with Crippen LogP contribution in [0.5, 0.6) is 5.75 Å². The van der Waals surface area contributed by atoms with Crippen LogP contribution < -0.4 is 10.1 Å². The monoisotopic (exact) mass is 299 g/mol. The fraction of sp³-hybridized carbons (Fsp3) is 0.250. The standard InChI is InChI=1S/C16H17N3O3/c1-4-21-11-5-6-13-12(9-11)10(2)15(22-13)16(20)17-14-7-8-19(3)18-14/h5-9H,4H2,1-3H3,(H,17,18,20). The number of rotatable bonds is 4. The summed E-state index contributed by atoms with van der Waals surface area (Å²) < 4.78 is 12.8. The molecule has 3 aromatic rings. The number of aryl methyl sites for hydroxylation is 2. The van der Waals surface area contributed by atoms with E-state index in [0.29, 0.717) is 18.0 Å². The van der Waals surface area contributed by atoms with E-state index in [1.807, 2.05) is 32.0 Å². The van der Waals surface area contributed by atoms with Crippen molar-refractivity contribution in [1.82, 2.24) is 9.78 Å². The molecule has 0 bridgehead atoms. The molecule has 22 heavy (non-hydrogen) atoms. The van der Waals surface area contributed by atoms with E-state index in [1.165, 1.54) is 0 Å². The minimum Gasteiger partial charge on any atom is -0.494 e. The highest BCUT2D eigenvalue weighted by Gasteiger charge is 2.18. The van der Waals surface area contributed by atoms with E-state index in [0.717, 1.165) is 16.7 Å². The maximum Gasteiger partial charge on any atom is 0.292 e. The van der Waals surface area contributed by atoms with E-state index in [9.17, 15) is 4.79 Å². The Hall–Kier alpha value is -2.76. The van der Waals surface area contributed by atoms with Gasteiger partial charge in [-0.3, -0.25) is 9.48 Å². The molecule has 1 N–H and O–H groups in total. The first kappa shape index (κ1) is 14.2. The first-order valence-corrected chi connectivity index (χ1v) is 7.05. The molecule has 1 amide bonds. The van der Waals surface area contributed by atoms with Crippen molar-refractivity contribution < 1.29 is 13.9 Å². The van der Waals surface area contributed by atoms with Crippen LogP contribution in [0.15, 0.2) is 34.9 Å². The Kier molecular flexibility index (Phi) is 3.58. The number of amides is 1. The molecule has 6 nitrogen and oxygen atoms in total. The minimum atomic E-state index is -0.314. The van der Waals surface area contributed by atoms with Gasteiger partial charge in [-0.15, -0.1) is 0 Å². The Labute approximate surface area is 127 Å². The zero-order valence-corrected chi connectivity index (χ0v) is 12.7. The second-order valence-corrected chi connectivity index (χ2v) is 4.98. The summed E-state index contributed by atoms with van der Waals surface area (Å²) in [5, 5.41) is 7.72. The number of benzene rings is 1. The molecule has 0 aliphatic heterocycles. The molecule has 1 aromatic carbocycles. The molecule has 0 atom stereocenters. The van der Waals surface area contributed by atoms with Crippen molar-refractivity contribution in [2.45, 2.75) is 13.8 Å². The molecule has 0 radical (unpaired) electrons. The van der Waals surface area contributed by atoms with Gasteiger partial charge in [0.1, 0.15) is 11.3 Å². The lowest BCUT2D eigenvalue weighted by molar-refractivity contribution is 0.0997. The van der Waals surface area contributed by atoms with Crippen molar-refractivity contribution >= 4 is 22.7 Å². The zero-order valence-electron chi connectivity index (χ0n) is 12.7. The van der Waals surface area contributed by atoms with Crippen molar-refractivity contribution in [2.24, 2.45) is 7.05 Å². The maximum absolute atomic E-state index is 12.3. The van der Waals surface area contributed by atoms with Crippen molar-refractivity contribution in [1.29, 1.82) is 0 Å². The van der Waals surface area contributed by atoms with Crippen molar-refractivity contribution in [3.63, 3.8) is 0 Å². The Morgan fingerprint density at radius 1 is 1.41 bits per heavy atom. The number of hydrogen-bond acceptors (Lipinski definition) is 4. The van der Waals surface area contributed by atoms with Crippen LogP contribution >= 0.6 is 0 Å². The average molecular weight is 299 g/mol. The Morgan fingerprint density at radius 3 is 2.91 bits per heavy atom. The van der Waals surface area contributed by atoms with Gasteiger partial charge in [0.25, 0.3) is 5.91 Å². The van der Waals surface area contributed by atoms with Crippen LogP contribution in [0.4, 0.5) is 5.82 Å². The van der Waals surface area contributed by atoms with Gasteiger partial charge in [0.05, 0.1) is 6.61 Å². The summed E-state index contributed by atoms with van der Waals surface area (Å²) in [6, 6.07) is 7.25. The molecule has 0 aliphatic rings. The molecule has 0 aliphatic carbocycles. The molecule has 0 saturated heterocycles. The summed E-state index contributed by atoms with van der Waals surface area (Å²) in [4.78, 5) is 12.3. The molecule has 6 heteroatoms. The van der Waals surface area contributed by atoms with Crippen LogP contribution in [0.25, 0.3) is 11.0 Å². The van der Waals surface area contributed by atoms with Crippen LogP contribution in [-0.2, 0) is 7.05 Å². The zero-order chi connectivity index (χ0) is 15.7. The number of hydrogen-bond donors (Lipinski definition) is 1. The number of nitrogens with one attached hydrogen (secondary N) is 1. The predicted octanol–water partition coefficient (Wildman–Crippen LogP) is 3.13. The van der Waals surface area contributed by atoms with Gasteiger partial charge in [-0.05, 0) is 32.0 Å². The minimum absolute atomic E-state index is 0.286. The molecule has 0 spiro atoms. The quantitative estimate of drug-likeness (QED) is 0.803. The molecular formula is C16H17N3O3. The van der Waals surface area contributed by atoms with Crippen molar-refractivity contribution in [2.75, 3.05) is 11.9 Å². The topological polar surface area (TPSA) is 69.3 Å². The van der Waals surface area contributed by atoms with E-state index in [1.54, 1.807) is 24.0 Å². The lowest BCUT2D eigenvalue weighted by Gasteiger charge is -2.01. The second-order valence-electron chi connectivity index (χ2n) is 4.98. The molecule has 2 aromatic heterocycles. The number of aromatic nitrogens is 2. The third kappa shape index (κ3) is 2.55. The summed E-state index contributed by atoms with van der Waals surface area (Å²) >= 11 is 0. The summed E-state index contributed by atoms with van der Waals surface area (Å²) in [6.45, 7) is 4.38. The number of furan rings is 1. The van der Waals surface area contributed by atoms with Gasteiger partial charge in [-0.2, -0.15) is 5.10 Å². The largest absolute Gasteiger partial charge is 0.494 e. The fourth-order valence-electron chi connectivity index (χ4n) is 2.33. The second kappa shape index (κ2) is 5.55. The Morgan fingerprint density at radius 2 is 2.23 bits per heavy atom. The van der Waals surface area contributed by atoms with Crippen LogP contribution in [0.1, 0.15) is 23.0 Å². The SMILES string of the molecule is CCOc1ccc2oc(C(=O)Nc3ccn(C)n3)c(C)c2c1. The van der Waals surface area contributed by atoms with Gasteiger partial charge in [0.15, 0.2) is 11.6 Å². The molecule has 3 rings (SSSR count). The summed E-state index contributed by atoms with van der Waals surface area (Å²) in [7, 11) is 1.79. The number of ether oxygens (including phenoxy) is 1. The molecule has 2 heterocycles. The maximum atomic E-state index is 12.3. The number of anilines is 1. The lowest BCUT2D eigenvalue weighted by Crippen LogP contribution is -2.12. The normalized spacial score (nSPS) is 10.9. The van der Waals surface area contributed by atoms with Crippen LogP contribution in [0.2, 0.25) is 0 Å². The first-order chi connectivity index (χ1) is 10.6. The molecule has 0 unspecified atom stereocenters. The number of nitrogens with zero attached hydrogens (tertiary/aromatic N) is 2.